The summed E-state index contributed by atoms with van der Waals surface area (Å²) in [5, 5.41) is 11.1. The van der Waals surface area contributed by atoms with Crippen molar-refractivity contribution >= 4 is 27.5 Å². The number of hydrogen-bond donors (Lipinski definition) is 2. The van der Waals surface area contributed by atoms with Gasteiger partial charge < -0.3 is 10.4 Å². The summed E-state index contributed by atoms with van der Waals surface area (Å²) >= 11 is 0. The number of amidine groups is 1. The van der Waals surface area contributed by atoms with Gasteiger partial charge in [0.25, 0.3) is 10.0 Å². The van der Waals surface area contributed by atoms with Crippen LogP contribution in [0.4, 0.5) is 5.69 Å². The molecule has 1 aromatic carbocycles. The number of nitrogens with zero attached hydrogens (tertiary/aromatic N) is 1. The lowest BCUT2D eigenvalue weighted by Crippen LogP contribution is -2.28. The normalized spacial score (nSPS) is 17.2. The van der Waals surface area contributed by atoms with Gasteiger partial charge in [-0.25, -0.2) is 4.79 Å². The molecule has 0 aliphatic carbocycles. The second-order valence-corrected chi connectivity index (χ2v) is 4.41. The van der Waals surface area contributed by atoms with Crippen molar-refractivity contribution < 1.29 is 18.3 Å². The van der Waals surface area contributed by atoms with Gasteiger partial charge in [0, 0.05) is 0 Å². The van der Waals surface area contributed by atoms with Crippen LogP contribution in [-0.2, 0) is 14.8 Å². The number of anilines is 1. The van der Waals surface area contributed by atoms with Crippen molar-refractivity contribution in [2.45, 2.75) is 4.90 Å². The molecule has 1 aliphatic rings. The third-order valence-corrected chi connectivity index (χ3v) is 3.17. The van der Waals surface area contributed by atoms with Gasteiger partial charge in [-0.1, -0.05) is 12.1 Å². The Morgan fingerprint density at radius 3 is 2.67 bits per heavy atom. The topological polar surface area (TPSA) is 95.8 Å². The Kier molecular flexibility index (Phi) is 1.97. The van der Waals surface area contributed by atoms with Gasteiger partial charge in [-0.15, -0.1) is 4.40 Å². The van der Waals surface area contributed by atoms with E-state index in [0.29, 0.717) is 0 Å². The van der Waals surface area contributed by atoms with Crippen LogP contribution in [0.1, 0.15) is 0 Å². The number of rotatable bonds is 1. The summed E-state index contributed by atoms with van der Waals surface area (Å²) in [4.78, 5) is 10.6. The molecule has 0 fully saturated rings. The number of para-hydroxylation sites is 1. The van der Waals surface area contributed by atoms with Crippen LogP contribution in [0, 0.1) is 0 Å². The summed E-state index contributed by atoms with van der Waals surface area (Å²) < 4.78 is 26.1. The number of aliphatic carboxylic acids is 1. The van der Waals surface area contributed by atoms with Crippen LogP contribution in [0.2, 0.25) is 0 Å². The molecule has 2 N–H and O–H groups in total. The van der Waals surface area contributed by atoms with E-state index < -0.39 is 21.8 Å². The molecule has 0 unspecified atom stereocenters. The van der Waals surface area contributed by atoms with E-state index >= 15 is 0 Å². The summed E-state index contributed by atoms with van der Waals surface area (Å²) in [6, 6.07) is 5.98. The van der Waals surface area contributed by atoms with Crippen LogP contribution in [0.25, 0.3) is 0 Å². The maximum Gasteiger partial charge on any atom is 0.372 e. The fourth-order valence-corrected chi connectivity index (χ4v) is 2.32. The van der Waals surface area contributed by atoms with Gasteiger partial charge in [-0.3, -0.25) is 0 Å². The molecule has 1 aromatic rings. The Hall–Kier alpha value is -1.89. The number of hydrogen-bond acceptors (Lipinski definition) is 4. The highest BCUT2D eigenvalue weighted by Gasteiger charge is 2.27. The third-order valence-electron chi connectivity index (χ3n) is 1.83. The van der Waals surface area contributed by atoms with E-state index in [4.69, 9.17) is 5.11 Å². The summed E-state index contributed by atoms with van der Waals surface area (Å²) in [6.07, 6.45) is 0. The lowest BCUT2D eigenvalue weighted by molar-refractivity contribution is -0.129. The van der Waals surface area contributed by atoms with Crippen molar-refractivity contribution in [2.75, 3.05) is 5.32 Å². The highest BCUT2D eigenvalue weighted by molar-refractivity contribution is 7.90. The standard InChI is InChI=1S/C8H6N2O4S/c11-8(12)7-9-5-3-1-2-4-6(5)15(13,14)10-7/h1-4H,(H,9,10)(H,11,12). The van der Waals surface area contributed by atoms with Crippen LogP contribution in [-0.4, -0.2) is 25.3 Å². The van der Waals surface area contributed by atoms with E-state index in [-0.39, 0.29) is 10.6 Å². The minimum atomic E-state index is -3.89. The molecule has 1 aliphatic heterocycles. The second-order valence-electron chi connectivity index (χ2n) is 2.84. The zero-order valence-corrected chi connectivity index (χ0v) is 8.15. The Bertz CT molecular complexity index is 562. The summed E-state index contributed by atoms with van der Waals surface area (Å²) in [7, 11) is -3.89. The van der Waals surface area contributed by atoms with Crippen LogP contribution >= 0.6 is 0 Å². The monoisotopic (exact) mass is 226 g/mol. The molecule has 0 amide bonds. The SMILES string of the molecule is O=C(O)C1=NS(=O)(=O)c2ccccc2N1. The largest absolute Gasteiger partial charge is 0.475 e. The summed E-state index contributed by atoms with van der Waals surface area (Å²) in [5.41, 5.74) is 0.227. The minimum Gasteiger partial charge on any atom is -0.475 e. The molecule has 0 saturated carbocycles. The van der Waals surface area contributed by atoms with Crippen molar-refractivity contribution in [1.29, 1.82) is 0 Å². The molecule has 0 radical (unpaired) electrons. The predicted molar refractivity (Wildman–Crippen MR) is 52.3 cm³/mol. The van der Waals surface area contributed by atoms with Crippen molar-refractivity contribution in [3.63, 3.8) is 0 Å². The molecule has 2 rings (SSSR count). The molecular formula is C8H6N2O4S. The average Bonchev–Trinajstić information content (AvgIpc) is 2.16. The maximum absolute atomic E-state index is 11.5. The summed E-state index contributed by atoms with van der Waals surface area (Å²) in [5.74, 6) is -2.00. The zero-order chi connectivity index (χ0) is 11.1. The average molecular weight is 226 g/mol. The molecule has 1 heterocycles. The first-order valence-corrected chi connectivity index (χ1v) is 5.39. The number of carbonyl (C=O) groups is 1. The van der Waals surface area contributed by atoms with Gasteiger partial charge in [-0.2, -0.15) is 8.42 Å². The minimum absolute atomic E-state index is 0.0185. The van der Waals surface area contributed by atoms with E-state index in [9.17, 15) is 13.2 Å². The lowest BCUT2D eigenvalue weighted by Gasteiger charge is -2.14. The van der Waals surface area contributed by atoms with E-state index in [0.717, 1.165) is 0 Å². The predicted octanol–water partition coefficient (Wildman–Crippen LogP) is 0.284. The summed E-state index contributed by atoms with van der Waals surface area (Å²) in [6.45, 7) is 0. The van der Waals surface area contributed by atoms with Crippen molar-refractivity contribution in [2.24, 2.45) is 4.40 Å². The second kappa shape index (κ2) is 3.06. The highest BCUT2D eigenvalue weighted by Crippen LogP contribution is 2.26. The molecule has 0 saturated heterocycles. The molecule has 0 aromatic heterocycles. The molecule has 0 bridgehead atoms. The Labute approximate surface area is 85.3 Å². The van der Waals surface area contributed by atoms with Gasteiger partial charge in [0.1, 0.15) is 4.90 Å². The quantitative estimate of drug-likeness (QED) is 0.717. The molecule has 6 nitrogen and oxygen atoms in total. The van der Waals surface area contributed by atoms with Crippen LogP contribution in [0.15, 0.2) is 33.6 Å². The van der Waals surface area contributed by atoms with Gasteiger partial charge in [0.2, 0.25) is 5.84 Å². The maximum atomic E-state index is 11.5. The molecular weight excluding hydrogens is 220 g/mol. The molecule has 15 heavy (non-hydrogen) atoms. The zero-order valence-electron chi connectivity index (χ0n) is 7.34. The highest BCUT2D eigenvalue weighted by atomic mass is 32.2. The number of fused-ring (bicyclic) bond motifs is 1. The molecule has 0 spiro atoms. The molecule has 7 heteroatoms. The molecule has 78 valence electrons. The van der Waals surface area contributed by atoms with E-state index in [1.807, 2.05) is 0 Å². The van der Waals surface area contributed by atoms with Gasteiger partial charge >= 0.3 is 5.97 Å². The first-order chi connectivity index (χ1) is 7.00. The number of carboxylic acid groups (broad SMARTS) is 1. The van der Waals surface area contributed by atoms with E-state index in [2.05, 4.69) is 9.71 Å². The number of carboxylic acids is 1. The van der Waals surface area contributed by atoms with Crippen LogP contribution in [0.5, 0.6) is 0 Å². The van der Waals surface area contributed by atoms with Crippen LogP contribution < -0.4 is 5.32 Å². The number of benzene rings is 1. The Morgan fingerprint density at radius 1 is 1.33 bits per heavy atom. The van der Waals surface area contributed by atoms with Crippen molar-refractivity contribution in [3.05, 3.63) is 24.3 Å². The van der Waals surface area contributed by atoms with Gasteiger partial charge in [0.05, 0.1) is 5.69 Å². The van der Waals surface area contributed by atoms with Crippen LogP contribution in [0.3, 0.4) is 0 Å². The fourth-order valence-electron chi connectivity index (χ4n) is 1.21. The smallest absolute Gasteiger partial charge is 0.372 e. The number of sulfonamides is 1. The Balaban J connectivity index is 2.65. The first kappa shape index (κ1) is 9.66. The third kappa shape index (κ3) is 1.57. The lowest BCUT2D eigenvalue weighted by atomic mass is 10.3. The first-order valence-electron chi connectivity index (χ1n) is 3.95. The van der Waals surface area contributed by atoms with Crippen molar-refractivity contribution in [3.8, 4) is 0 Å². The van der Waals surface area contributed by atoms with E-state index in [1.165, 1.54) is 12.1 Å². The van der Waals surface area contributed by atoms with Gasteiger partial charge in [0.15, 0.2) is 0 Å². The molecule has 0 atom stereocenters. The fraction of sp³-hybridized carbons (Fsp3) is 0. The van der Waals surface area contributed by atoms with E-state index in [1.54, 1.807) is 12.1 Å². The number of nitrogens with one attached hydrogen (secondary N) is 1. The Morgan fingerprint density at radius 2 is 2.00 bits per heavy atom. The van der Waals surface area contributed by atoms with Gasteiger partial charge in [-0.05, 0) is 12.1 Å². The van der Waals surface area contributed by atoms with Crippen molar-refractivity contribution in [1.82, 2.24) is 0 Å².